The maximum absolute atomic E-state index is 13.2. The third-order valence-corrected chi connectivity index (χ3v) is 13.7. The second kappa shape index (κ2) is 43.2. The van der Waals surface area contributed by atoms with E-state index in [1.54, 1.807) is 6.08 Å². The summed E-state index contributed by atoms with van der Waals surface area (Å²) >= 11 is 0. The van der Waals surface area contributed by atoms with Crippen molar-refractivity contribution in [2.45, 2.75) is 286 Å². The molecule has 2 aliphatic rings. The molecule has 12 atom stereocenters. The molecule has 2 rings (SSSR count). The van der Waals surface area contributed by atoms with E-state index in [0.717, 1.165) is 51.4 Å². The van der Waals surface area contributed by atoms with Crippen molar-refractivity contribution in [1.82, 2.24) is 5.32 Å². The van der Waals surface area contributed by atoms with Gasteiger partial charge in [0.2, 0.25) is 5.91 Å². The molecule has 2 fully saturated rings. The zero-order valence-corrected chi connectivity index (χ0v) is 44.2. The summed E-state index contributed by atoms with van der Waals surface area (Å²) in [5.74, 6) is -0.253. The Morgan fingerprint density at radius 2 is 0.958 bits per heavy atom. The van der Waals surface area contributed by atoms with Crippen LogP contribution in [0.15, 0.2) is 48.6 Å². The lowest BCUT2D eigenvalue weighted by Gasteiger charge is -2.46. The molecular weight excluding hydrogens is 907 g/mol. The summed E-state index contributed by atoms with van der Waals surface area (Å²) < 4.78 is 22.6. The molecule has 1 amide bonds. The number of amides is 1. The lowest BCUT2D eigenvalue weighted by Crippen LogP contribution is -2.65. The molecule has 14 heteroatoms. The topological polar surface area (TPSA) is 228 Å². The molecule has 2 saturated heterocycles. The van der Waals surface area contributed by atoms with Crippen molar-refractivity contribution < 1.29 is 64.6 Å². The first kappa shape index (κ1) is 65.1. The van der Waals surface area contributed by atoms with Gasteiger partial charge in [-0.25, -0.2) is 0 Å². The van der Waals surface area contributed by atoms with Crippen LogP contribution in [0.4, 0.5) is 0 Å². The summed E-state index contributed by atoms with van der Waals surface area (Å²) in [7, 11) is 0. The first-order valence-electron chi connectivity index (χ1n) is 28.4. The fourth-order valence-corrected chi connectivity index (χ4v) is 9.09. The summed E-state index contributed by atoms with van der Waals surface area (Å²) in [6, 6.07) is -0.928. The van der Waals surface area contributed by atoms with Crippen molar-refractivity contribution in [2.24, 2.45) is 0 Å². The molecule has 0 bridgehead atoms. The van der Waals surface area contributed by atoms with Crippen LogP contribution in [0, 0.1) is 0 Å². The highest BCUT2D eigenvalue weighted by molar-refractivity contribution is 5.76. The average molecular weight is 1010 g/mol. The van der Waals surface area contributed by atoms with E-state index in [-0.39, 0.29) is 18.9 Å². The molecule has 0 aromatic carbocycles. The van der Waals surface area contributed by atoms with E-state index >= 15 is 0 Å². The first-order chi connectivity index (χ1) is 34.6. The Hall–Kier alpha value is -2.05. The number of rotatable bonds is 44. The summed E-state index contributed by atoms with van der Waals surface area (Å²) in [4.78, 5) is 13.2. The number of hydrogen-bond acceptors (Lipinski definition) is 13. The molecule has 0 radical (unpaired) electrons. The molecule has 2 aliphatic heterocycles. The monoisotopic (exact) mass is 1010 g/mol. The predicted molar refractivity (Wildman–Crippen MR) is 281 cm³/mol. The van der Waals surface area contributed by atoms with Crippen LogP contribution < -0.4 is 5.32 Å². The Labute approximate surface area is 429 Å². The van der Waals surface area contributed by atoms with Gasteiger partial charge in [0.15, 0.2) is 12.6 Å². The average Bonchev–Trinajstić information content (AvgIpc) is 3.37. The van der Waals surface area contributed by atoms with Gasteiger partial charge in [0.1, 0.15) is 48.8 Å². The van der Waals surface area contributed by atoms with Crippen LogP contribution >= 0.6 is 0 Å². The van der Waals surface area contributed by atoms with Crippen LogP contribution in [0.25, 0.3) is 0 Å². The third-order valence-electron chi connectivity index (χ3n) is 13.7. The maximum Gasteiger partial charge on any atom is 0.220 e. The molecule has 0 aromatic rings. The minimum atomic E-state index is -1.79. The van der Waals surface area contributed by atoms with Gasteiger partial charge in [-0.15, -0.1) is 0 Å². The summed E-state index contributed by atoms with van der Waals surface area (Å²) in [6.07, 6.45) is 36.3. The molecule has 14 nitrogen and oxygen atoms in total. The number of nitrogens with one attached hydrogen (secondary N) is 1. The van der Waals surface area contributed by atoms with Gasteiger partial charge in [0.25, 0.3) is 0 Å². The third kappa shape index (κ3) is 29.6. The molecule has 0 saturated carbocycles. The van der Waals surface area contributed by atoms with E-state index in [0.29, 0.717) is 12.8 Å². The van der Waals surface area contributed by atoms with Crippen LogP contribution in [0.2, 0.25) is 0 Å². The van der Waals surface area contributed by atoms with Crippen LogP contribution in [0.5, 0.6) is 0 Å². The highest BCUT2D eigenvalue weighted by atomic mass is 16.7. The van der Waals surface area contributed by atoms with Crippen molar-refractivity contribution in [2.75, 3.05) is 19.8 Å². The van der Waals surface area contributed by atoms with Gasteiger partial charge in [0, 0.05) is 6.42 Å². The number of aliphatic hydroxyl groups excluding tert-OH is 8. The smallest absolute Gasteiger partial charge is 0.220 e. The standard InChI is InChI=1S/C57H103NO13/c1-3-5-7-9-11-13-14-15-16-17-18-19-20-21-22-23-24-25-26-27-28-29-30-31-32-33-35-37-39-41-49(62)58-45(46(61)40-38-36-34-12-10-8-6-4-2)44-68-56-54(67)52(65)55(48(43-60)70-56)71-57-53(66)51(64)50(63)47(42-59)69-57/h10,12,14-15,17-18,38,40,45-48,50-57,59-61,63-67H,3-9,11,13,16,19-37,39,41-44H2,1-2H3,(H,58,62)/b12-10+,15-14-,18-17-,40-38+. The Kier molecular flexibility index (Phi) is 39.6. The normalized spacial score (nSPS) is 26.1. The van der Waals surface area contributed by atoms with Gasteiger partial charge in [-0.3, -0.25) is 4.79 Å². The number of carbonyl (C=O) groups is 1. The number of ether oxygens (including phenoxy) is 4. The van der Waals surface area contributed by atoms with Crippen molar-refractivity contribution in [3.63, 3.8) is 0 Å². The minimum Gasteiger partial charge on any atom is -0.394 e. The van der Waals surface area contributed by atoms with Gasteiger partial charge in [0.05, 0.1) is 32.0 Å². The number of aliphatic hydroxyl groups is 8. The van der Waals surface area contributed by atoms with Crippen LogP contribution in [-0.2, 0) is 23.7 Å². The van der Waals surface area contributed by atoms with Crippen molar-refractivity contribution in [1.29, 1.82) is 0 Å². The predicted octanol–water partition coefficient (Wildman–Crippen LogP) is 8.83. The van der Waals surface area contributed by atoms with Crippen molar-refractivity contribution in [3.8, 4) is 0 Å². The van der Waals surface area contributed by atoms with E-state index in [1.165, 1.54) is 128 Å². The first-order valence-corrected chi connectivity index (χ1v) is 28.4. The second-order valence-corrected chi connectivity index (χ2v) is 20.1. The second-order valence-electron chi connectivity index (χ2n) is 20.1. The fraction of sp³-hybridized carbons (Fsp3) is 0.842. The summed E-state index contributed by atoms with van der Waals surface area (Å²) in [6.45, 7) is 2.68. The Balaban J connectivity index is 1.64. The Morgan fingerprint density at radius 1 is 0.507 bits per heavy atom. The molecule has 9 N–H and O–H groups in total. The molecule has 2 heterocycles. The van der Waals surface area contributed by atoms with Crippen molar-refractivity contribution >= 4 is 5.91 Å². The molecule has 0 aliphatic carbocycles. The van der Waals surface area contributed by atoms with Gasteiger partial charge >= 0.3 is 0 Å². The van der Waals surface area contributed by atoms with E-state index in [9.17, 15) is 45.6 Å². The number of allylic oxidation sites excluding steroid dienone is 7. The molecule has 0 aromatic heterocycles. The van der Waals surface area contributed by atoms with E-state index < -0.39 is 86.8 Å². The van der Waals surface area contributed by atoms with E-state index in [2.05, 4.69) is 55.6 Å². The minimum absolute atomic E-state index is 0.253. The van der Waals surface area contributed by atoms with Crippen LogP contribution in [-0.4, -0.2) is 140 Å². The van der Waals surface area contributed by atoms with Gasteiger partial charge in [-0.2, -0.15) is 0 Å². The highest BCUT2D eigenvalue weighted by Gasteiger charge is 2.51. The van der Waals surface area contributed by atoms with Crippen molar-refractivity contribution in [3.05, 3.63) is 48.6 Å². The maximum atomic E-state index is 13.2. The molecule has 71 heavy (non-hydrogen) atoms. The number of carbonyl (C=O) groups excluding carboxylic acids is 1. The number of unbranched alkanes of at least 4 members (excludes halogenated alkanes) is 25. The molecule has 414 valence electrons. The molecule has 12 unspecified atom stereocenters. The fourth-order valence-electron chi connectivity index (χ4n) is 9.09. The van der Waals surface area contributed by atoms with Gasteiger partial charge in [-0.1, -0.05) is 197 Å². The van der Waals surface area contributed by atoms with E-state index in [1.807, 2.05) is 6.08 Å². The molecular formula is C57H103NO13. The molecule has 0 spiro atoms. The quantitative estimate of drug-likeness (QED) is 0.0206. The van der Waals surface area contributed by atoms with Crippen LogP contribution in [0.3, 0.4) is 0 Å². The number of hydrogen-bond donors (Lipinski definition) is 9. The highest BCUT2D eigenvalue weighted by Crippen LogP contribution is 2.30. The largest absolute Gasteiger partial charge is 0.394 e. The SMILES string of the molecule is CCCC/C=C/CC/C=C/C(O)C(COC1OC(CO)C(OC2OC(CO)C(O)C(O)C2O)C(O)C1O)NC(=O)CCCCCCCCCCCCCCCCCCC/C=C\C/C=C\CCCCCCC. The summed E-state index contributed by atoms with van der Waals surface area (Å²) in [5, 5.41) is 86.6. The Morgan fingerprint density at radius 3 is 1.51 bits per heavy atom. The lowest BCUT2D eigenvalue weighted by molar-refractivity contribution is -0.359. The van der Waals surface area contributed by atoms with E-state index in [4.69, 9.17) is 18.9 Å². The lowest BCUT2D eigenvalue weighted by atomic mass is 9.97. The van der Waals surface area contributed by atoms with Crippen LogP contribution in [0.1, 0.15) is 213 Å². The summed E-state index contributed by atoms with van der Waals surface area (Å²) in [5.41, 5.74) is 0. The zero-order valence-electron chi connectivity index (χ0n) is 44.2. The van der Waals surface area contributed by atoms with Gasteiger partial charge < -0.3 is 65.1 Å². The Bertz CT molecular complexity index is 1380. The zero-order chi connectivity index (χ0) is 51.7. The van der Waals surface area contributed by atoms with Gasteiger partial charge in [-0.05, 0) is 57.8 Å².